The highest BCUT2D eigenvalue weighted by molar-refractivity contribution is 7.80. The van der Waals surface area contributed by atoms with Gasteiger partial charge in [0.05, 0.1) is 43.4 Å². The minimum absolute atomic E-state index is 0.00938. The molecule has 1 aromatic carbocycles. The van der Waals surface area contributed by atoms with E-state index in [-0.39, 0.29) is 92.8 Å². The Kier molecular flexibility index (Phi) is 26.2. The van der Waals surface area contributed by atoms with E-state index in [2.05, 4.69) is 54.2 Å². The highest BCUT2D eigenvalue weighted by atomic mass is 32.1. The Labute approximate surface area is 368 Å². The zero-order valence-electron chi connectivity index (χ0n) is 35.2. The van der Waals surface area contributed by atoms with E-state index < -0.39 is 83.1 Å². The number of ether oxygens (including phenoxy) is 2. The molecular formula is C37H57N13O12S. The van der Waals surface area contributed by atoms with Gasteiger partial charge in [-0.3, -0.25) is 53.5 Å². The Morgan fingerprint density at radius 3 is 2.05 bits per heavy atom. The molecular weight excluding hydrogens is 851 g/mol. The van der Waals surface area contributed by atoms with Crippen molar-refractivity contribution < 1.29 is 52.8 Å². The minimum Gasteiger partial charge on any atom is -0.493 e. The van der Waals surface area contributed by atoms with Gasteiger partial charge in [0.25, 0.3) is 5.69 Å². The number of carbonyl (C=O) groups is 8. The molecule has 63 heavy (non-hydrogen) atoms. The van der Waals surface area contributed by atoms with Gasteiger partial charge in [-0.1, -0.05) is 18.0 Å². The Hall–Kier alpha value is -6.69. The molecule has 11 N–H and O–H groups in total. The van der Waals surface area contributed by atoms with Gasteiger partial charge in [-0.05, 0) is 51.0 Å². The van der Waals surface area contributed by atoms with Crippen LogP contribution in [0.25, 0.3) is 10.4 Å². The van der Waals surface area contributed by atoms with Gasteiger partial charge in [0, 0.05) is 49.1 Å². The van der Waals surface area contributed by atoms with Crippen LogP contribution in [0.2, 0.25) is 0 Å². The second-order valence-electron chi connectivity index (χ2n) is 13.8. The number of Topliss-reactive ketones (excluding diaryl/α,β-unsaturated/α-hetero) is 2. The van der Waals surface area contributed by atoms with Crippen molar-refractivity contribution in [3.8, 4) is 11.5 Å². The molecule has 0 radical (unpaired) electrons. The monoisotopic (exact) mass is 907 g/mol. The molecule has 25 nitrogen and oxygen atoms in total. The number of primary amides is 1. The van der Waals surface area contributed by atoms with Gasteiger partial charge in [0.15, 0.2) is 23.2 Å². The maximum absolute atomic E-state index is 13.3. The van der Waals surface area contributed by atoms with E-state index in [1.165, 1.54) is 20.1 Å². The number of rotatable bonds is 33. The molecule has 0 aliphatic heterocycles. The third-order valence-electron chi connectivity index (χ3n) is 8.85. The lowest BCUT2D eigenvalue weighted by Gasteiger charge is -2.22. The molecule has 0 aromatic heterocycles. The van der Waals surface area contributed by atoms with E-state index in [1.807, 2.05) is 0 Å². The maximum Gasteiger partial charge on any atom is 0.284 e. The molecule has 0 heterocycles. The second kappa shape index (κ2) is 30.4. The third kappa shape index (κ3) is 22.6. The van der Waals surface area contributed by atoms with Crippen LogP contribution in [0.5, 0.6) is 11.5 Å². The number of hydrogen-bond acceptors (Lipinski definition) is 15. The number of thiol groups is 1. The zero-order valence-corrected chi connectivity index (χ0v) is 36.1. The van der Waals surface area contributed by atoms with Crippen LogP contribution >= 0.6 is 12.6 Å². The van der Waals surface area contributed by atoms with Gasteiger partial charge in [-0.25, -0.2) is 0 Å². The van der Waals surface area contributed by atoms with Crippen LogP contribution in [0, 0.1) is 10.1 Å². The summed E-state index contributed by atoms with van der Waals surface area (Å²) in [7, 11) is 1.29. The molecule has 0 saturated carbocycles. The van der Waals surface area contributed by atoms with Crippen LogP contribution in [0.1, 0.15) is 87.9 Å². The summed E-state index contributed by atoms with van der Waals surface area (Å²) < 4.78 is 10.7. The Morgan fingerprint density at radius 1 is 0.794 bits per heavy atom. The number of nitrogens with zero attached hydrogens (tertiary/aromatic N) is 5. The zero-order chi connectivity index (χ0) is 47.3. The molecule has 6 amide bonds. The van der Waals surface area contributed by atoms with E-state index in [9.17, 15) is 48.5 Å². The van der Waals surface area contributed by atoms with Gasteiger partial charge in [-0.15, -0.1) is 0 Å². The van der Waals surface area contributed by atoms with Crippen LogP contribution in [0.15, 0.2) is 22.2 Å². The number of azide groups is 1. The van der Waals surface area contributed by atoms with Gasteiger partial charge >= 0.3 is 0 Å². The molecule has 0 aliphatic carbocycles. The SMILES string of the molecule is COc1cc(C(C)=O)c([N+](=O)[O-])cc1OCCCC(=O)NCC(=O)NC(CS)C(=O)NCC(=O)N[C@@H](CCCN=C(N)N)C(=O)N[C@@H](CCCCCC(=O)CCCN=[N+]=[N-])C(N)=O. The Morgan fingerprint density at radius 2 is 1.44 bits per heavy atom. The first-order valence-corrected chi connectivity index (χ1v) is 20.5. The summed E-state index contributed by atoms with van der Waals surface area (Å²) in [5.41, 5.74) is 24.0. The van der Waals surface area contributed by atoms with Crippen molar-refractivity contribution in [2.75, 3.05) is 45.6 Å². The maximum atomic E-state index is 13.3. The highest BCUT2D eigenvalue weighted by Crippen LogP contribution is 2.35. The van der Waals surface area contributed by atoms with Gasteiger partial charge in [0.1, 0.15) is 23.9 Å². The number of nitro benzene ring substituents is 1. The standard InChI is InChI=1S/C37H57N13O12S/c1-22(51)24-17-29(61-2)30(18-28(24)50(59)60)62-16-8-13-31(53)43-19-32(54)47-27(21-63)35(57)44-20-33(55)46-26(12-7-14-42-37(39)40)36(58)48-25(34(38)56)11-5-3-4-9-23(52)10-6-15-45-49-41/h17-18,25-27,63H,3-16,19-21H2,1-2H3,(H2,38,56)(H,43,53)(H,44,57)(H,46,55)(H,47,54)(H,48,58)(H4,39,40,42)/t25-,26-,27?/m0/s1. The number of amides is 6. The van der Waals surface area contributed by atoms with E-state index >= 15 is 0 Å². The summed E-state index contributed by atoms with van der Waals surface area (Å²) in [5, 5.41) is 27.0. The lowest BCUT2D eigenvalue weighted by atomic mass is 10.0. The molecule has 26 heteroatoms. The van der Waals surface area contributed by atoms with Gasteiger partial charge < -0.3 is 53.3 Å². The molecule has 348 valence electrons. The summed E-state index contributed by atoms with van der Waals surface area (Å²) >= 11 is 4.09. The normalized spacial score (nSPS) is 11.9. The van der Waals surface area contributed by atoms with Crippen LogP contribution in [0.3, 0.4) is 0 Å². The van der Waals surface area contributed by atoms with E-state index in [4.69, 9.17) is 32.2 Å². The van der Waals surface area contributed by atoms with Crippen molar-refractivity contribution in [1.82, 2.24) is 26.6 Å². The van der Waals surface area contributed by atoms with Crippen molar-refractivity contribution in [1.29, 1.82) is 0 Å². The lowest BCUT2D eigenvalue weighted by Crippen LogP contribution is -2.55. The molecule has 1 unspecified atom stereocenters. The average Bonchev–Trinajstić information content (AvgIpc) is 3.23. The van der Waals surface area contributed by atoms with Crippen LogP contribution < -0.4 is 53.3 Å². The fraction of sp³-hybridized carbons (Fsp3) is 0.595. The highest BCUT2D eigenvalue weighted by Gasteiger charge is 2.27. The number of methoxy groups -OCH3 is 1. The summed E-state index contributed by atoms with van der Waals surface area (Å²) in [6, 6.07) is -1.28. The van der Waals surface area contributed by atoms with Crippen molar-refractivity contribution in [3.05, 3.63) is 38.3 Å². The largest absolute Gasteiger partial charge is 0.493 e. The smallest absolute Gasteiger partial charge is 0.284 e. The predicted molar refractivity (Wildman–Crippen MR) is 230 cm³/mol. The summed E-state index contributed by atoms with van der Waals surface area (Å²) in [4.78, 5) is 117. The van der Waals surface area contributed by atoms with Crippen molar-refractivity contribution in [2.24, 2.45) is 27.3 Å². The average molecular weight is 908 g/mol. The van der Waals surface area contributed by atoms with E-state index in [1.54, 1.807) is 0 Å². The topological polar surface area (TPSA) is 397 Å². The van der Waals surface area contributed by atoms with Crippen LogP contribution in [0.4, 0.5) is 5.69 Å². The lowest BCUT2D eigenvalue weighted by molar-refractivity contribution is -0.385. The number of carbonyl (C=O) groups excluding carboxylic acids is 8. The number of unbranched alkanes of at least 4 members (excludes halogenated alkanes) is 2. The number of guanidine groups is 1. The fourth-order valence-corrected chi connectivity index (χ4v) is 5.86. The number of ketones is 2. The summed E-state index contributed by atoms with van der Waals surface area (Å²) in [6.45, 7) is 0.301. The molecule has 0 fully saturated rings. The fourth-order valence-electron chi connectivity index (χ4n) is 5.61. The molecule has 1 rings (SSSR count). The molecule has 0 spiro atoms. The second-order valence-corrected chi connectivity index (χ2v) is 14.2. The number of benzene rings is 1. The molecule has 3 atom stereocenters. The van der Waals surface area contributed by atoms with Crippen LogP contribution in [-0.4, -0.2) is 122 Å². The minimum atomic E-state index is -1.23. The number of hydrogen-bond donors (Lipinski definition) is 9. The number of nitrogens with two attached hydrogens (primary N) is 3. The van der Waals surface area contributed by atoms with E-state index in [0.717, 1.165) is 6.07 Å². The first-order valence-electron chi connectivity index (χ1n) is 19.9. The summed E-state index contributed by atoms with van der Waals surface area (Å²) in [5.74, 6) is -5.29. The van der Waals surface area contributed by atoms with E-state index in [0.29, 0.717) is 32.1 Å². The quantitative estimate of drug-likeness (QED) is 0.00419. The van der Waals surface area contributed by atoms with Crippen molar-refractivity contribution in [2.45, 2.75) is 95.7 Å². The Bertz CT molecular complexity index is 1860. The molecule has 0 saturated heterocycles. The summed E-state index contributed by atoms with van der Waals surface area (Å²) in [6.07, 6.45) is 3.04. The number of nitrogens with one attached hydrogen (secondary N) is 5. The van der Waals surface area contributed by atoms with Gasteiger partial charge in [0.2, 0.25) is 35.4 Å². The van der Waals surface area contributed by atoms with Crippen LogP contribution in [-0.2, 0) is 33.6 Å². The Balaban J connectivity index is 2.66. The third-order valence-corrected chi connectivity index (χ3v) is 9.21. The molecule has 0 bridgehead atoms. The first kappa shape index (κ1) is 54.3. The van der Waals surface area contributed by atoms with Crippen molar-refractivity contribution >= 4 is 71.3 Å². The van der Waals surface area contributed by atoms with Gasteiger partial charge in [-0.2, -0.15) is 12.6 Å². The first-order chi connectivity index (χ1) is 29.9. The molecule has 1 aromatic rings. The molecule has 0 aliphatic rings. The van der Waals surface area contributed by atoms with Crippen molar-refractivity contribution in [3.63, 3.8) is 0 Å². The number of nitro groups is 1. The predicted octanol–water partition coefficient (Wildman–Crippen LogP) is -0.269. The number of aliphatic imine (C=N–C) groups is 1.